The van der Waals surface area contributed by atoms with Crippen LogP contribution in [0, 0.1) is 34.5 Å². The maximum atomic E-state index is 12.7. The lowest BCUT2D eigenvalue weighted by molar-refractivity contribution is 0.200. The Balaban J connectivity index is 5.45. The summed E-state index contributed by atoms with van der Waals surface area (Å²) in [5.74, 6) is -1.07. The van der Waals surface area contributed by atoms with Gasteiger partial charge in [-0.05, 0) is 19.8 Å². The molecule has 0 rings (SSSR count). The van der Waals surface area contributed by atoms with Crippen LogP contribution in [0.3, 0.4) is 0 Å². The van der Waals surface area contributed by atoms with Crippen LogP contribution in [0.5, 0.6) is 0 Å². The average molecular weight is 272 g/mol. The highest BCUT2D eigenvalue weighted by Crippen LogP contribution is 2.58. The van der Waals surface area contributed by atoms with Crippen molar-refractivity contribution in [3.63, 3.8) is 0 Å². The van der Waals surface area contributed by atoms with Crippen LogP contribution in [0.1, 0.15) is 34.1 Å². The second kappa shape index (κ2) is 8.27. The molecule has 0 saturated carbocycles. The Morgan fingerprint density at radius 2 is 1.56 bits per heavy atom. The highest BCUT2D eigenvalue weighted by atomic mass is 31.2. The van der Waals surface area contributed by atoms with Gasteiger partial charge in [0, 0.05) is 0 Å². The van der Waals surface area contributed by atoms with E-state index in [-0.39, 0.29) is 19.1 Å². The average Bonchev–Trinajstić information content (AvgIpc) is 2.35. The fraction of sp³-hybridized carbons (Fsp3) is 0.833. The number of hydrogen-bond acceptors (Lipinski definition) is 5. The van der Waals surface area contributed by atoms with E-state index in [1.807, 2.05) is 26.0 Å². The van der Waals surface area contributed by atoms with Gasteiger partial charge in [-0.3, -0.25) is 4.57 Å². The molecule has 0 fully saturated rings. The van der Waals surface area contributed by atoms with Gasteiger partial charge in [0.15, 0.2) is 0 Å². The summed E-state index contributed by atoms with van der Waals surface area (Å²) >= 11 is 0. The van der Waals surface area contributed by atoms with Crippen molar-refractivity contribution < 1.29 is 13.6 Å². The monoisotopic (exact) mass is 272 g/mol. The van der Waals surface area contributed by atoms with Crippen molar-refractivity contribution in [2.24, 2.45) is 11.8 Å². The molecule has 0 aromatic heterocycles. The molecule has 0 bridgehead atoms. The number of nitrogens with zero attached hydrogens (tertiary/aromatic N) is 2. The number of hydrogen-bond donors (Lipinski definition) is 0. The maximum Gasteiger partial charge on any atom is 0.336 e. The molecule has 5 nitrogen and oxygen atoms in total. The smallest absolute Gasteiger partial charge is 0.309 e. The van der Waals surface area contributed by atoms with Crippen molar-refractivity contribution in [1.29, 1.82) is 10.5 Å². The highest BCUT2D eigenvalue weighted by Gasteiger charge is 2.44. The van der Waals surface area contributed by atoms with Gasteiger partial charge in [-0.1, -0.05) is 20.3 Å². The van der Waals surface area contributed by atoms with Gasteiger partial charge in [-0.15, -0.1) is 0 Å². The van der Waals surface area contributed by atoms with Gasteiger partial charge >= 0.3 is 7.60 Å². The Morgan fingerprint density at radius 1 is 1.11 bits per heavy atom. The highest BCUT2D eigenvalue weighted by molar-refractivity contribution is 7.54. The van der Waals surface area contributed by atoms with Crippen LogP contribution in [0.2, 0.25) is 0 Å². The molecule has 0 saturated heterocycles. The lowest BCUT2D eigenvalue weighted by Gasteiger charge is -2.30. The van der Waals surface area contributed by atoms with Gasteiger partial charge < -0.3 is 9.05 Å². The number of nitriles is 2. The van der Waals surface area contributed by atoms with E-state index in [1.165, 1.54) is 0 Å². The van der Waals surface area contributed by atoms with Crippen LogP contribution >= 0.6 is 7.60 Å². The molecule has 6 heteroatoms. The van der Waals surface area contributed by atoms with Gasteiger partial charge in [0.2, 0.25) is 0 Å². The van der Waals surface area contributed by atoms with E-state index >= 15 is 0 Å². The van der Waals surface area contributed by atoms with Gasteiger partial charge in [0.1, 0.15) is 5.92 Å². The molecular formula is C12H21N2O3P. The van der Waals surface area contributed by atoms with Crippen LogP contribution in [-0.4, -0.2) is 18.9 Å². The Bertz CT molecular complexity index is 348. The Morgan fingerprint density at radius 3 is 1.83 bits per heavy atom. The van der Waals surface area contributed by atoms with E-state index in [0.717, 1.165) is 0 Å². The molecule has 0 radical (unpaired) electrons. The first-order valence-electron chi connectivity index (χ1n) is 6.18. The first kappa shape index (κ1) is 17.1. The van der Waals surface area contributed by atoms with E-state index in [1.54, 1.807) is 13.8 Å². The maximum absolute atomic E-state index is 12.7. The first-order valence-corrected chi connectivity index (χ1v) is 7.79. The fourth-order valence-electron chi connectivity index (χ4n) is 1.82. The number of rotatable bonds is 8. The normalized spacial score (nSPS) is 14.8. The minimum atomic E-state index is -3.44. The summed E-state index contributed by atoms with van der Waals surface area (Å²) in [6.07, 6.45) is 0.703. The molecule has 2 unspecified atom stereocenters. The molecular weight excluding hydrogens is 251 g/mol. The second-order valence-electron chi connectivity index (χ2n) is 3.99. The minimum Gasteiger partial charge on any atom is -0.309 e. The van der Waals surface area contributed by atoms with E-state index in [0.29, 0.717) is 6.42 Å². The Hall–Kier alpha value is -0.870. The predicted molar refractivity (Wildman–Crippen MR) is 68.8 cm³/mol. The van der Waals surface area contributed by atoms with Crippen molar-refractivity contribution in [2.45, 2.75) is 39.8 Å². The molecule has 18 heavy (non-hydrogen) atoms. The summed E-state index contributed by atoms with van der Waals surface area (Å²) in [5.41, 5.74) is -0.697. The molecule has 0 heterocycles. The van der Waals surface area contributed by atoms with Crippen molar-refractivity contribution in [3.8, 4) is 12.1 Å². The summed E-state index contributed by atoms with van der Waals surface area (Å²) in [4.78, 5) is 0. The van der Waals surface area contributed by atoms with Crippen LogP contribution < -0.4 is 0 Å². The Labute approximate surface area is 109 Å². The zero-order chi connectivity index (χ0) is 14.2. The van der Waals surface area contributed by atoms with Crippen molar-refractivity contribution in [2.75, 3.05) is 13.2 Å². The van der Waals surface area contributed by atoms with Crippen molar-refractivity contribution in [1.82, 2.24) is 0 Å². The summed E-state index contributed by atoms with van der Waals surface area (Å²) in [5, 5.41) is 18.1. The van der Waals surface area contributed by atoms with Crippen molar-refractivity contribution in [3.05, 3.63) is 0 Å². The summed E-state index contributed by atoms with van der Waals surface area (Å²) < 4.78 is 23.3. The topological polar surface area (TPSA) is 83.1 Å². The van der Waals surface area contributed by atoms with E-state index < -0.39 is 19.2 Å². The summed E-state index contributed by atoms with van der Waals surface area (Å²) in [7, 11) is -3.44. The quantitative estimate of drug-likeness (QED) is 0.633. The summed E-state index contributed by atoms with van der Waals surface area (Å²) in [6, 6.07) is 3.79. The Kier molecular flexibility index (Phi) is 7.87. The molecule has 102 valence electrons. The largest absolute Gasteiger partial charge is 0.336 e. The van der Waals surface area contributed by atoms with Crippen molar-refractivity contribution >= 4 is 7.60 Å². The summed E-state index contributed by atoms with van der Waals surface area (Å²) in [6.45, 7) is 7.67. The molecule has 0 spiro atoms. The first-order chi connectivity index (χ1) is 8.50. The lowest BCUT2D eigenvalue weighted by atomic mass is 9.95. The molecule has 0 aliphatic heterocycles. The SMILES string of the molecule is CCOP(=O)(OCC)C(C(C#N)C#N)C(C)CC. The van der Waals surface area contributed by atoms with E-state index in [4.69, 9.17) is 19.6 Å². The van der Waals surface area contributed by atoms with Gasteiger partial charge in [-0.25, -0.2) is 0 Å². The van der Waals surface area contributed by atoms with E-state index in [2.05, 4.69) is 0 Å². The van der Waals surface area contributed by atoms with Crippen LogP contribution in [0.15, 0.2) is 0 Å². The third kappa shape index (κ3) is 4.10. The van der Waals surface area contributed by atoms with Crippen LogP contribution in [0.4, 0.5) is 0 Å². The zero-order valence-corrected chi connectivity index (χ0v) is 12.3. The molecule has 0 amide bonds. The molecule has 0 aromatic carbocycles. The lowest BCUT2D eigenvalue weighted by Crippen LogP contribution is -2.28. The van der Waals surface area contributed by atoms with E-state index in [9.17, 15) is 4.57 Å². The fourth-order valence-corrected chi connectivity index (χ4v) is 4.29. The standard InChI is InChI=1S/C12H21N2O3P/c1-5-10(4)12(11(8-13)9-14)18(15,16-6-2)17-7-3/h10-12H,5-7H2,1-4H3. The third-order valence-electron chi connectivity index (χ3n) is 2.83. The second-order valence-corrected chi connectivity index (χ2v) is 6.18. The zero-order valence-electron chi connectivity index (χ0n) is 11.4. The predicted octanol–water partition coefficient (Wildman–Crippen LogP) is 3.33. The molecule has 0 aromatic rings. The van der Waals surface area contributed by atoms with Gasteiger partial charge in [0.25, 0.3) is 0 Å². The molecule has 0 N–H and O–H groups in total. The minimum absolute atomic E-state index is 0.0850. The molecule has 0 aliphatic carbocycles. The van der Waals surface area contributed by atoms with Gasteiger partial charge in [0.05, 0.1) is 31.0 Å². The molecule has 0 aliphatic rings. The molecule has 2 atom stereocenters. The van der Waals surface area contributed by atoms with Crippen LogP contribution in [0.25, 0.3) is 0 Å². The van der Waals surface area contributed by atoms with Crippen LogP contribution in [-0.2, 0) is 13.6 Å². The third-order valence-corrected chi connectivity index (χ3v) is 5.60. The van der Waals surface area contributed by atoms with Gasteiger partial charge in [-0.2, -0.15) is 10.5 Å².